The molecule has 0 saturated carbocycles. The molecular formula is C18H26O4. The van der Waals surface area contributed by atoms with Crippen molar-refractivity contribution < 1.29 is 19.1 Å². The first-order valence-electron chi connectivity index (χ1n) is 7.45. The van der Waals surface area contributed by atoms with E-state index in [0.717, 1.165) is 5.57 Å². The first-order valence-corrected chi connectivity index (χ1v) is 7.45. The van der Waals surface area contributed by atoms with Gasteiger partial charge in [-0.25, -0.2) is 0 Å². The van der Waals surface area contributed by atoms with Gasteiger partial charge in [-0.15, -0.1) is 5.73 Å². The van der Waals surface area contributed by atoms with E-state index in [4.69, 9.17) is 9.47 Å². The van der Waals surface area contributed by atoms with Crippen LogP contribution in [0.25, 0.3) is 0 Å². The molecule has 0 rings (SSSR count). The Morgan fingerprint density at radius 3 is 2.05 bits per heavy atom. The third-order valence-electron chi connectivity index (χ3n) is 2.91. The van der Waals surface area contributed by atoms with Gasteiger partial charge < -0.3 is 9.47 Å². The third-order valence-corrected chi connectivity index (χ3v) is 2.91. The summed E-state index contributed by atoms with van der Waals surface area (Å²) in [6.45, 7) is 11.2. The number of esters is 2. The van der Waals surface area contributed by atoms with Crippen LogP contribution < -0.4 is 0 Å². The molecule has 0 atom stereocenters. The van der Waals surface area contributed by atoms with E-state index < -0.39 is 17.4 Å². The highest BCUT2D eigenvalue weighted by Crippen LogP contribution is 2.32. The summed E-state index contributed by atoms with van der Waals surface area (Å²) in [4.78, 5) is 24.8. The van der Waals surface area contributed by atoms with Gasteiger partial charge in [-0.05, 0) is 52.2 Å². The second kappa shape index (κ2) is 10.6. The molecule has 0 heterocycles. The van der Waals surface area contributed by atoms with Gasteiger partial charge in [0.2, 0.25) is 0 Å². The topological polar surface area (TPSA) is 52.6 Å². The molecular weight excluding hydrogens is 280 g/mol. The summed E-state index contributed by atoms with van der Waals surface area (Å²) in [6.07, 6.45) is 7.06. The van der Waals surface area contributed by atoms with Gasteiger partial charge >= 0.3 is 11.9 Å². The Balaban J connectivity index is 5.71. The Labute approximate surface area is 133 Å². The van der Waals surface area contributed by atoms with E-state index in [2.05, 4.69) is 12.3 Å². The van der Waals surface area contributed by atoms with Crippen LogP contribution in [0.2, 0.25) is 0 Å². The molecule has 0 amide bonds. The van der Waals surface area contributed by atoms with Gasteiger partial charge in [0.25, 0.3) is 0 Å². The number of carbonyl (C=O) groups excluding carboxylic acids is 2. The van der Waals surface area contributed by atoms with Crippen LogP contribution >= 0.6 is 0 Å². The van der Waals surface area contributed by atoms with E-state index in [1.54, 1.807) is 38.2 Å². The van der Waals surface area contributed by atoms with E-state index in [1.165, 1.54) is 0 Å². The van der Waals surface area contributed by atoms with Crippen molar-refractivity contribution in [1.29, 1.82) is 0 Å². The van der Waals surface area contributed by atoms with Crippen molar-refractivity contribution in [2.45, 2.75) is 40.5 Å². The first-order chi connectivity index (χ1) is 10.4. The van der Waals surface area contributed by atoms with Crippen LogP contribution in [0.4, 0.5) is 0 Å². The van der Waals surface area contributed by atoms with Crippen molar-refractivity contribution in [2.75, 3.05) is 13.2 Å². The van der Waals surface area contributed by atoms with Gasteiger partial charge in [0.1, 0.15) is 0 Å². The second-order valence-electron chi connectivity index (χ2n) is 4.94. The fourth-order valence-corrected chi connectivity index (χ4v) is 1.83. The van der Waals surface area contributed by atoms with Crippen molar-refractivity contribution in [3.8, 4) is 0 Å². The van der Waals surface area contributed by atoms with Gasteiger partial charge in [-0.2, -0.15) is 0 Å². The zero-order valence-corrected chi connectivity index (χ0v) is 14.0. The molecule has 0 aromatic heterocycles. The number of rotatable bonds is 9. The molecule has 0 aliphatic rings. The summed E-state index contributed by atoms with van der Waals surface area (Å²) < 4.78 is 10.2. The number of hydrogen-bond acceptors (Lipinski definition) is 4. The molecule has 0 N–H and O–H groups in total. The maximum Gasteiger partial charge on any atom is 0.324 e. The number of hydrogen-bond donors (Lipinski definition) is 0. The number of allylic oxidation sites excluding steroid dienone is 4. The van der Waals surface area contributed by atoms with E-state index in [0.29, 0.717) is 0 Å². The lowest BCUT2D eigenvalue weighted by Gasteiger charge is -2.26. The standard InChI is InChI=1S/C18H26O4/c1-6-9-10-13-18(16(19)21-7-2,17(20)22-8-3)14-11-12-15(4)5/h6,9-11H,1,7-8,13-14H2,2-5H3/b10-9+. The van der Waals surface area contributed by atoms with Crippen LogP contribution in [0.5, 0.6) is 0 Å². The van der Waals surface area contributed by atoms with Crippen LogP contribution in [0.15, 0.2) is 42.2 Å². The van der Waals surface area contributed by atoms with Crippen LogP contribution in [0, 0.1) is 5.41 Å². The van der Waals surface area contributed by atoms with Gasteiger partial charge in [0, 0.05) is 0 Å². The Morgan fingerprint density at radius 2 is 1.64 bits per heavy atom. The molecule has 4 heteroatoms. The largest absolute Gasteiger partial charge is 0.465 e. The highest BCUT2D eigenvalue weighted by Gasteiger charge is 2.47. The highest BCUT2D eigenvalue weighted by molar-refractivity contribution is 6.00. The lowest BCUT2D eigenvalue weighted by molar-refractivity contribution is -0.171. The summed E-state index contributed by atoms with van der Waals surface area (Å²) in [5.41, 5.74) is 2.60. The lowest BCUT2D eigenvalue weighted by Crippen LogP contribution is -2.41. The Kier molecular flexibility index (Phi) is 9.64. The fourth-order valence-electron chi connectivity index (χ4n) is 1.83. The third kappa shape index (κ3) is 6.15. The van der Waals surface area contributed by atoms with E-state index >= 15 is 0 Å². The van der Waals surface area contributed by atoms with E-state index in [-0.39, 0.29) is 26.1 Å². The SMILES string of the molecule is C=C/C=C/CC(CC=C=C(C)C)(C(=O)OCC)C(=O)OCC. The Bertz CT molecular complexity index is 457. The molecule has 0 aliphatic carbocycles. The minimum atomic E-state index is -1.38. The fraction of sp³-hybridized carbons (Fsp3) is 0.500. The van der Waals surface area contributed by atoms with Gasteiger partial charge in [-0.1, -0.05) is 24.8 Å². The normalized spacial score (nSPS) is 10.7. The predicted octanol–water partition coefficient (Wildman–Crippen LogP) is 3.74. The predicted molar refractivity (Wildman–Crippen MR) is 87.2 cm³/mol. The molecule has 0 radical (unpaired) electrons. The van der Waals surface area contributed by atoms with Crippen LogP contribution in [0.1, 0.15) is 40.5 Å². The monoisotopic (exact) mass is 306 g/mol. The quantitative estimate of drug-likeness (QED) is 0.282. The van der Waals surface area contributed by atoms with Gasteiger partial charge in [0.05, 0.1) is 13.2 Å². The molecule has 0 saturated heterocycles. The summed E-state index contributed by atoms with van der Waals surface area (Å²) >= 11 is 0. The van der Waals surface area contributed by atoms with Gasteiger partial charge in [-0.3, -0.25) is 9.59 Å². The van der Waals surface area contributed by atoms with Crippen molar-refractivity contribution in [3.05, 3.63) is 42.2 Å². The summed E-state index contributed by atoms with van der Waals surface area (Å²) in [5, 5.41) is 0. The second-order valence-corrected chi connectivity index (χ2v) is 4.94. The van der Waals surface area contributed by atoms with Crippen LogP contribution in [0.3, 0.4) is 0 Å². The molecule has 0 bridgehead atoms. The Morgan fingerprint density at radius 1 is 1.09 bits per heavy atom. The molecule has 0 aromatic rings. The van der Waals surface area contributed by atoms with Crippen molar-refractivity contribution in [1.82, 2.24) is 0 Å². The molecule has 122 valence electrons. The maximum absolute atomic E-state index is 12.4. The zero-order valence-electron chi connectivity index (χ0n) is 14.0. The van der Waals surface area contributed by atoms with Gasteiger partial charge in [0.15, 0.2) is 5.41 Å². The first kappa shape index (κ1) is 19.9. The lowest BCUT2D eigenvalue weighted by atomic mass is 9.80. The van der Waals surface area contributed by atoms with Crippen molar-refractivity contribution in [3.63, 3.8) is 0 Å². The Hall–Kier alpha value is -2.06. The average molecular weight is 306 g/mol. The summed E-state index contributed by atoms with van der Waals surface area (Å²) in [5.74, 6) is -1.15. The maximum atomic E-state index is 12.4. The average Bonchev–Trinajstić information content (AvgIpc) is 2.45. The number of carbonyl (C=O) groups is 2. The number of ether oxygens (including phenoxy) is 2. The van der Waals surface area contributed by atoms with Crippen LogP contribution in [-0.2, 0) is 19.1 Å². The molecule has 0 unspecified atom stereocenters. The summed E-state index contributed by atoms with van der Waals surface area (Å²) in [7, 11) is 0. The summed E-state index contributed by atoms with van der Waals surface area (Å²) in [6, 6.07) is 0. The minimum absolute atomic E-state index is 0.178. The van der Waals surface area contributed by atoms with Crippen molar-refractivity contribution in [2.24, 2.45) is 5.41 Å². The minimum Gasteiger partial charge on any atom is -0.465 e. The van der Waals surface area contributed by atoms with Crippen molar-refractivity contribution >= 4 is 11.9 Å². The molecule has 4 nitrogen and oxygen atoms in total. The highest BCUT2D eigenvalue weighted by atomic mass is 16.6. The van der Waals surface area contributed by atoms with Crippen LogP contribution in [-0.4, -0.2) is 25.2 Å². The smallest absolute Gasteiger partial charge is 0.324 e. The molecule has 0 spiro atoms. The zero-order chi connectivity index (χ0) is 17.0. The molecule has 0 aliphatic heterocycles. The molecule has 0 aromatic carbocycles. The van der Waals surface area contributed by atoms with E-state index in [9.17, 15) is 9.59 Å². The molecule has 22 heavy (non-hydrogen) atoms. The van der Waals surface area contributed by atoms with E-state index in [1.807, 2.05) is 13.8 Å². The molecule has 0 fully saturated rings.